The van der Waals surface area contributed by atoms with Gasteiger partial charge in [-0.2, -0.15) is 0 Å². The summed E-state index contributed by atoms with van der Waals surface area (Å²) in [6.45, 7) is 1.40. The number of nitrogens with one attached hydrogen (secondary N) is 2. The molecule has 6 rings (SSSR count). The number of hydrogen-bond donors (Lipinski definition) is 2. The first kappa shape index (κ1) is 25.6. The van der Waals surface area contributed by atoms with E-state index in [-0.39, 0.29) is 29.4 Å². The highest BCUT2D eigenvalue weighted by Crippen LogP contribution is 2.41. The van der Waals surface area contributed by atoms with E-state index in [1.54, 1.807) is 0 Å². The second kappa shape index (κ2) is 10.8. The Kier molecular flexibility index (Phi) is 7.12. The van der Waals surface area contributed by atoms with Crippen molar-refractivity contribution < 1.29 is 18.4 Å². The third kappa shape index (κ3) is 5.56. The fourth-order valence-electron chi connectivity index (χ4n) is 6.12. The van der Waals surface area contributed by atoms with Crippen molar-refractivity contribution in [3.63, 3.8) is 0 Å². The minimum absolute atomic E-state index is 0.00226. The molecule has 3 aliphatic rings. The monoisotopic (exact) mass is 534 g/mol. The number of halogens is 2. The van der Waals surface area contributed by atoms with Gasteiger partial charge in [-0.05, 0) is 43.4 Å². The van der Waals surface area contributed by atoms with Gasteiger partial charge in [-0.3, -0.25) is 14.5 Å². The van der Waals surface area contributed by atoms with E-state index >= 15 is 0 Å². The van der Waals surface area contributed by atoms with Crippen molar-refractivity contribution in [1.82, 2.24) is 30.5 Å². The van der Waals surface area contributed by atoms with Gasteiger partial charge >= 0.3 is 0 Å². The predicted octanol–water partition coefficient (Wildman–Crippen LogP) is 3.58. The van der Waals surface area contributed by atoms with Crippen LogP contribution in [0.25, 0.3) is 5.69 Å². The molecule has 0 bridgehead atoms. The van der Waals surface area contributed by atoms with Crippen LogP contribution in [0, 0.1) is 17.6 Å². The number of hydrogen-bond acceptors (Lipinski definition) is 5. The van der Waals surface area contributed by atoms with Crippen molar-refractivity contribution in [2.24, 2.45) is 5.92 Å². The maximum atomic E-state index is 14.2. The molecule has 0 spiro atoms. The molecule has 39 heavy (non-hydrogen) atoms. The molecular weight excluding hydrogens is 502 g/mol. The van der Waals surface area contributed by atoms with Crippen LogP contribution in [0.2, 0.25) is 0 Å². The second-order valence-corrected chi connectivity index (χ2v) is 10.9. The molecule has 1 aromatic heterocycles. The van der Waals surface area contributed by atoms with Crippen LogP contribution in [0.5, 0.6) is 0 Å². The number of piperidine rings is 1. The number of carbonyl (C=O) groups is 2. The molecule has 1 aliphatic heterocycles. The Hall–Kier alpha value is -3.66. The Morgan fingerprint density at radius 2 is 1.74 bits per heavy atom. The molecule has 2 N–H and O–H groups in total. The molecule has 3 fully saturated rings. The van der Waals surface area contributed by atoms with Crippen LogP contribution in [0.4, 0.5) is 8.78 Å². The summed E-state index contributed by atoms with van der Waals surface area (Å²) < 4.78 is 28.6. The molecule has 0 radical (unpaired) electrons. The second-order valence-electron chi connectivity index (χ2n) is 10.9. The number of carbonyl (C=O) groups excluding carboxylic acids is 2. The van der Waals surface area contributed by atoms with E-state index in [9.17, 15) is 18.4 Å². The van der Waals surface area contributed by atoms with Crippen LogP contribution in [0.15, 0.2) is 54.7 Å². The summed E-state index contributed by atoms with van der Waals surface area (Å²) in [5, 5.41) is 14.0. The highest BCUT2D eigenvalue weighted by Gasteiger charge is 2.43. The largest absolute Gasteiger partial charge is 0.352 e. The Bertz CT molecular complexity index is 1340. The Morgan fingerprint density at radius 1 is 0.949 bits per heavy atom. The first-order valence-corrected chi connectivity index (χ1v) is 13.7. The Balaban J connectivity index is 1.15. The smallest absolute Gasteiger partial charge is 0.273 e. The van der Waals surface area contributed by atoms with Gasteiger partial charge in [0.1, 0.15) is 11.5 Å². The molecule has 2 aromatic carbocycles. The van der Waals surface area contributed by atoms with Gasteiger partial charge in [0.05, 0.1) is 12.1 Å². The van der Waals surface area contributed by atoms with Crippen LogP contribution in [0.3, 0.4) is 0 Å². The van der Waals surface area contributed by atoms with Gasteiger partial charge in [0.25, 0.3) is 5.91 Å². The number of aromatic nitrogens is 3. The lowest BCUT2D eigenvalue weighted by Gasteiger charge is -2.40. The van der Waals surface area contributed by atoms with E-state index in [4.69, 9.17) is 0 Å². The molecule has 1 saturated heterocycles. The summed E-state index contributed by atoms with van der Waals surface area (Å²) in [7, 11) is 0. The van der Waals surface area contributed by atoms with Gasteiger partial charge in [0.15, 0.2) is 11.5 Å². The fourth-order valence-corrected chi connectivity index (χ4v) is 6.12. The van der Waals surface area contributed by atoms with Crippen LogP contribution < -0.4 is 10.6 Å². The minimum atomic E-state index is -0.809. The first-order chi connectivity index (χ1) is 19.0. The predicted molar refractivity (Wildman–Crippen MR) is 140 cm³/mol. The molecule has 4 atom stereocenters. The van der Waals surface area contributed by atoms with Gasteiger partial charge in [0.2, 0.25) is 5.91 Å². The van der Waals surface area contributed by atoms with E-state index < -0.39 is 23.5 Å². The zero-order chi connectivity index (χ0) is 26.9. The van der Waals surface area contributed by atoms with Crippen LogP contribution in [0.1, 0.15) is 60.5 Å². The fraction of sp³-hybridized carbons (Fsp3) is 0.448. The quantitative estimate of drug-likeness (QED) is 0.484. The number of nitrogens with zero attached hydrogens (tertiary/aromatic N) is 4. The average molecular weight is 535 g/mol. The zero-order valence-electron chi connectivity index (χ0n) is 21.6. The highest BCUT2D eigenvalue weighted by atomic mass is 19.1. The normalized spacial score (nSPS) is 25.4. The summed E-state index contributed by atoms with van der Waals surface area (Å²) in [5.41, 5.74) is 1.22. The van der Waals surface area contributed by atoms with E-state index in [2.05, 4.69) is 38.0 Å². The first-order valence-electron chi connectivity index (χ1n) is 13.7. The van der Waals surface area contributed by atoms with Crippen molar-refractivity contribution in [3.05, 3.63) is 77.6 Å². The molecule has 3 aromatic rings. The maximum absolute atomic E-state index is 14.2. The van der Waals surface area contributed by atoms with Gasteiger partial charge in [-0.15, -0.1) is 5.10 Å². The SMILES string of the molecule is O=C(N[C@@H]1CCN(C2CCCC2)C[C@H]1C(=O)N[C@@H]1C[C@H]1c1ccccc1)c1cn(-c2ccc(F)cc2F)nn1. The van der Waals surface area contributed by atoms with E-state index in [0.29, 0.717) is 24.9 Å². The van der Waals surface area contributed by atoms with Crippen molar-refractivity contribution in [3.8, 4) is 5.69 Å². The summed E-state index contributed by atoms with van der Waals surface area (Å²) in [6.07, 6.45) is 7.58. The lowest BCUT2D eigenvalue weighted by atomic mass is 9.89. The van der Waals surface area contributed by atoms with E-state index in [1.165, 1.54) is 30.7 Å². The molecular formula is C29H32F2N6O2. The summed E-state index contributed by atoms with van der Waals surface area (Å²) in [6, 6.07) is 13.5. The van der Waals surface area contributed by atoms with Crippen LogP contribution in [-0.4, -0.2) is 62.9 Å². The Labute approximate surface area is 225 Å². The lowest BCUT2D eigenvalue weighted by Crippen LogP contribution is -2.57. The Morgan fingerprint density at radius 3 is 2.51 bits per heavy atom. The van der Waals surface area contributed by atoms with Gasteiger partial charge in [-0.25, -0.2) is 13.5 Å². The van der Waals surface area contributed by atoms with Crippen molar-refractivity contribution in [2.75, 3.05) is 13.1 Å². The number of benzene rings is 2. The molecule has 2 aliphatic carbocycles. The van der Waals surface area contributed by atoms with Crippen molar-refractivity contribution in [1.29, 1.82) is 0 Å². The lowest BCUT2D eigenvalue weighted by molar-refractivity contribution is -0.128. The van der Waals surface area contributed by atoms with E-state index in [0.717, 1.165) is 42.6 Å². The van der Waals surface area contributed by atoms with Gasteiger partial charge < -0.3 is 10.6 Å². The molecule has 2 amide bonds. The molecule has 2 saturated carbocycles. The highest BCUT2D eigenvalue weighted by molar-refractivity contribution is 5.93. The third-order valence-electron chi connectivity index (χ3n) is 8.37. The number of rotatable bonds is 7. The number of likely N-dealkylation sites (tertiary alicyclic amines) is 1. The molecule has 0 unspecified atom stereocenters. The summed E-state index contributed by atoms with van der Waals surface area (Å²) >= 11 is 0. The van der Waals surface area contributed by atoms with Crippen molar-refractivity contribution in [2.45, 2.75) is 62.6 Å². The minimum Gasteiger partial charge on any atom is -0.352 e. The summed E-state index contributed by atoms with van der Waals surface area (Å²) in [5.74, 6) is -2.11. The maximum Gasteiger partial charge on any atom is 0.273 e. The number of amides is 2. The zero-order valence-corrected chi connectivity index (χ0v) is 21.6. The van der Waals surface area contributed by atoms with Crippen molar-refractivity contribution >= 4 is 11.8 Å². The van der Waals surface area contributed by atoms with Crippen LogP contribution >= 0.6 is 0 Å². The topological polar surface area (TPSA) is 92.2 Å². The average Bonchev–Trinajstić information content (AvgIpc) is 3.30. The van der Waals surface area contributed by atoms with E-state index in [1.807, 2.05) is 18.2 Å². The van der Waals surface area contributed by atoms with Crippen LogP contribution in [-0.2, 0) is 4.79 Å². The summed E-state index contributed by atoms with van der Waals surface area (Å²) in [4.78, 5) is 29.1. The molecule has 10 heteroatoms. The van der Waals surface area contributed by atoms with Gasteiger partial charge in [-0.1, -0.05) is 48.4 Å². The third-order valence-corrected chi connectivity index (χ3v) is 8.37. The van der Waals surface area contributed by atoms with Gasteiger partial charge in [0, 0.05) is 43.2 Å². The molecule has 2 heterocycles. The standard InChI is InChI=1S/C29H32F2N6O2/c30-19-10-11-27(23(31)14-19)37-17-26(34-35-37)29(39)32-24-12-13-36(20-8-4-5-9-20)16-22(24)28(38)33-25-15-21(25)18-6-2-1-3-7-18/h1-3,6-7,10-11,14,17,20-22,24-25H,4-5,8-9,12-13,15-16H2,(H,32,39)(H,33,38)/t21-,22+,24+,25+/m0/s1. The molecule has 8 nitrogen and oxygen atoms in total. The molecule has 204 valence electrons.